The van der Waals surface area contributed by atoms with E-state index in [1.165, 1.54) is 31.5 Å². The van der Waals surface area contributed by atoms with Crippen molar-refractivity contribution in [3.05, 3.63) is 28.4 Å². The first-order chi connectivity index (χ1) is 11.6. The Hall–Kier alpha value is -2.38. The number of piperazine rings is 1. The van der Waals surface area contributed by atoms with E-state index >= 15 is 0 Å². The number of hydrogen-bond acceptors (Lipinski definition) is 5. The number of urea groups is 1. The Morgan fingerprint density at radius 3 is 2.46 bits per heavy atom. The average Bonchev–Trinajstić information content (AvgIpc) is 2.63. The Labute approximate surface area is 141 Å². The maximum absolute atomic E-state index is 12.3. The number of carbonyl (C=O) groups excluding carboxylic acids is 1. The largest absolute Gasteiger partial charge is 0.365 e. The molecule has 8 nitrogen and oxygen atoms in total. The van der Waals surface area contributed by atoms with Gasteiger partial charge in [-0.25, -0.2) is 4.79 Å². The predicted octanol–water partition coefficient (Wildman–Crippen LogP) is 2.15. The van der Waals surface area contributed by atoms with Crippen molar-refractivity contribution in [2.24, 2.45) is 0 Å². The summed E-state index contributed by atoms with van der Waals surface area (Å²) in [5, 5.41) is 13.8. The molecule has 0 atom stereocenters. The molecule has 2 heterocycles. The highest BCUT2D eigenvalue weighted by atomic mass is 16.6. The molecular weight excluding hydrogens is 310 g/mol. The van der Waals surface area contributed by atoms with Crippen molar-refractivity contribution in [1.82, 2.24) is 15.2 Å². The molecule has 2 fully saturated rings. The van der Waals surface area contributed by atoms with Gasteiger partial charge in [0.25, 0.3) is 0 Å². The lowest BCUT2D eigenvalue weighted by Gasteiger charge is -2.36. The monoisotopic (exact) mass is 333 g/mol. The van der Waals surface area contributed by atoms with Gasteiger partial charge in [0.2, 0.25) is 0 Å². The van der Waals surface area contributed by atoms with Gasteiger partial charge >= 0.3 is 11.8 Å². The fourth-order valence-electron chi connectivity index (χ4n) is 3.35. The lowest BCUT2D eigenvalue weighted by molar-refractivity contribution is -0.389. The van der Waals surface area contributed by atoms with Gasteiger partial charge in [-0.05, 0) is 28.8 Å². The number of pyridine rings is 1. The summed E-state index contributed by atoms with van der Waals surface area (Å²) in [6.07, 6.45) is 7.36. The van der Waals surface area contributed by atoms with Gasteiger partial charge in [-0.1, -0.05) is 19.3 Å². The van der Waals surface area contributed by atoms with Gasteiger partial charge in [0.1, 0.15) is 0 Å². The fourth-order valence-corrected chi connectivity index (χ4v) is 3.35. The summed E-state index contributed by atoms with van der Waals surface area (Å²) >= 11 is 0. The van der Waals surface area contributed by atoms with E-state index in [0.717, 1.165) is 18.5 Å². The van der Waals surface area contributed by atoms with E-state index in [0.29, 0.717) is 32.2 Å². The minimum absolute atomic E-state index is 0.0309. The highest BCUT2D eigenvalue weighted by molar-refractivity contribution is 5.75. The van der Waals surface area contributed by atoms with Crippen molar-refractivity contribution in [1.29, 1.82) is 0 Å². The number of nitrogens with one attached hydrogen (secondary N) is 1. The van der Waals surface area contributed by atoms with Crippen molar-refractivity contribution in [2.45, 2.75) is 38.1 Å². The van der Waals surface area contributed by atoms with Crippen LogP contribution < -0.4 is 10.2 Å². The van der Waals surface area contributed by atoms with E-state index < -0.39 is 4.92 Å². The Balaban J connectivity index is 1.49. The zero-order valence-corrected chi connectivity index (χ0v) is 13.7. The molecule has 1 aromatic rings. The van der Waals surface area contributed by atoms with Crippen LogP contribution in [0.3, 0.4) is 0 Å². The first-order valence-corrected chi connectivity index (χ1v) is 8.54. The Kier molecular flexibility index (Phi) is 5.12. The molecule has 8 heteroatoms. The first-order valence-electron chi connectivity index (χ1n) is 8.54. The summed E-state index contributed by atoms with van der Waals surface area (Å²) in [6.45, 7) is 2.71. The van der Waals surface area contributed by atoms with Gasteiger partial charge in [-0.3, -0.25) is 0 Å². The number of aromatic nitrogens is 1. The summed E-state index contributed by atoms with van der Waals surface area (Å²) < 4.78 is 0. The molecule has 24 heavy (non-hydrogen) atoms. The predicted molar refractivity (Wildman–Crippen MR) is 90.1 cm³/mol. The second kappa shape index (κ2) is 7.46. The van der Waals surface area contributed by atoms with E-state index in [9.17, 15) is 14.9 Å². The topological polar surface area (TPSA) is 91.6 Å². The number of anilines is 1. The van der Waals surface area contributed by atoms with Crippen LogP contribution in [-0.2, 0) is 0 Å². The third-order valence-electron chi connectivity index (χ3n) is 4.78. The van der Waals surface area contributed by atoms with Crippen LogP contribution in [0.25, 0.3) is 0 Å². The van der Waals surface area contributed by atoms with Crippen LogP contribution >= 0.6 is 0 Å². The number of carbonyl (C=O) groups is 1. The highest BCUT2D eigenvalue weighted by Crippen LogP contribution is 2.19. The van der Waals surface area contributed by atoms with Crippen molar-refractivity contribution >= 4 is 17.5 Å². The molecule has 0 spiro atoms. The summed E-state index contributed by atoms with van der Waals surface area (Å²) in [7, 11) is 0. The smallest absolute Gasteiger partial charge is 0.363 e. The van der Waals surface area contributed by atoms with E-state index in [-0.39, 0.29) is 11.8 Å². The van der Waals surface area contributed by atoms with Crippen molar-refractivity contribution in [3.8, 4) is 0 Å². The van der Waals surface area contributed by atoms with E-state index in [2.05, 4.69) is 15.2 Å². The zero-order valence-electron chi connectivity index (χ0n) is 13.7. The van der Waals surface area contributed by atoms with Crippen LogP contribution in [0.4, 0.5) is 16.3 Å². The van der Waals surface area contributed by atoms with Crippen LogP contribution in [0.1, 0.15) is 32.1 Å². The lowest BCUT2D eigenvalue weighted by atomic mass is 9.96. The molecule has 0 unspecified atom stereocenters. The average molecular weight is 333 g/mol. The van der Waals surface area contributed by atoms with Gasteiger partial charge in [0.05, 0.1) is 5.69 Å². The van der Waals surface area contributed by atoms with Crippen LogP contribution in [0.5, 0.6) is 0 Å². The maximum atomic E-state index is 12.3. The molecule has 3 rings (SSSR count). The second-order valence-corrected chi connectivity index (χ2v) is 6.39. The molecule has 1 N–H and O–H groups in total. The van der Waals surface area contributed by atoms with E-state index in [1.54, 1.807) is 6.07 Å². The first kappa shape index (κ1) is 16.5. The molecule has 2 amide bonds. The number of nitrogens with zero attached hydrogens (tertiary/aromatic N) is 4. The molecule has 1 saturated carbocycles. The van der Waals surface area contributed by atoms with Crippen molar-refractivity contribution in [2.75, 3.05) is 31.1 Å². The fraction of sp³-hybridized carbons (Fsp3) is 0.625. The SMILES string of the molecule is O=C(NC1CCCCC1)N1CCN(c2ccc([N+](=O)[O-])nc2)CC1. The summed E-state index contributed by atoms with van der Waals surface area (Å²) in [6, 6.07) is 3.48. The zero-order chi connectivity index (χ0) is 16.9. The Morgan fingerprint density at radius 1 is 1.17 bits per heavy atom. The summed E-state index contributed by atoms with van der Waals surface area (Å²) in [5.41, 5.74) is 0.855. The van der Waals surface area contributed by atoms with Crippen LogP contribution in [0.2, 0.25) is 0 Å². The molecule has 130 valence electrons. The molecule has 1 saturated heterocycles. The number of nitro groups is 1. The normalized spacial score (nSPS) is 19.2. The third-order valence-corrected chi connectivity index (χ3v) is 4.78. The van der Waals surface area contributed by atoms with E-state index in [4.69, 9.17) is 0 Å². The molecule has 1 aliphatic heterocycles. The van der Waals surface area contributed by atoms with Gasteiger partial charge in [-0.2, -0.15) is 0 Å². The Bertz CT molecular complexity index is 578. The van der Waals surface area contributed by atoms with Crippen molar-refractivity contribution in [3.63, 3.8) is 0 Å². The molecule has 0 aromatic carbocycles. The van der Waals surface area contributed by atoms with Gasteiger partial charge in [0, 0.05) is 38.3 Å². The third kappa shape index (κ3) is 3.93. The molecular formula is C16H23N5O3. The highest BCUT2D eigenvalue weighted by Gasteiger charge is 2.24. The maximum Gasteiger partial charge on any atom is 0.363 e. The Morgan fingerprint density at radius 2 is 1.88 bits per heavy atom. The number of rotatable bonds is 3. The molecule has 1 aliphatic carbocycles. The quantitative estimate of drug-likeness (QED) is 0.676. The summed E-state index contributed by atoms with van der Waals surface area (Å²) in [5.74, 6) is -0.149. The molecule has 0 bridgehead atoms. The second-order valence-electron chi connectivity index (χ2n) is 6.39. The lowest BCUT2D eigenvalue weighted by Crippen LogP contribution is -2.53. The minimum Gasteiger partial charge on any atom is -0.365 e. The van der Waals surface area contributed by atoms with Crippen molar-refractivity contribution < 1.29 is 9.72 Å². The van der Waals surface area contributed by atoms with Gasteiger partial charge < -0.3 is 25.2 Å². The van der Waals surface area contributed by atoms with Crippen LogP contribution in [0.15, 0.2) is 18.3 Å². The van der Waals surface area contributed by atoms with Crippen LogP contribution in [0, 0.1) is 10.1 Å². The number of hydrogen-bond donors (Lipinski definition) is 1. The summed E-state index contributed by atoms with van der Waals surface area (Å²) in [4.78, 5) is 30.3. The number of amides is 2. The molecule has 1 aromatic heterocycles. The minimum atomic E-state index is -0.503. The molecule has 0 radical (unpaired) electrons. The molecule has 2 aliphatic rings. The standard InChI is InChI=1S/C16H23N5O3/c22-16(18-13-4-2-1-3-5-13)20-10-8-19(9-11-20)14-6-7-15(17-12-14)21(23)24/h6-7,12-13H,1-5,8-11H2,(H,18,22). The van der Waals surface area contributed by atoms with Gasteiger partial charge in [0.15, 0.2) is 6.20 Å². The van der Waals surface area contributed by atoms with E-state index in [1.807, 2.05) is 4.90 Å². The van der Waals surface area contributed by atoms with Gasteiger partial charge in [-0.15, -0.1) is 0 Å². The van der Waals surface area contributed by atoms with Crippen LogP contribution in [-0.4, -0.2) is 53.1 Å².